The highest BCUT2D eigenvalue weighted by Gasteiger charge is 1.83. The van der Waals surface area contributed by atoms with Gasteiger partial charge in [-0.1, -0.05) is 12.2 Å². The smallest absolute Gasteiger partial charge is 0.132 e. The minimum absolute atomic E-state index is 0. The number of thiol groups is 1. The summed E-state index contributed by atoms with van der Waals surface area (Å²) in [6.07, 6.45) is 0. The van der Waals surface area contributed by atoms with Crippen molar-refractivity contribution in [2.24, 2.45) is 0 Å². The minimum atomic E-state index is 0. The quantitative estimate of drug-likeness (QED) is 0.366. The van der Waals surface area contributed by atoms with Gasteiger partial charge in [0.1, 0.15) is 4.32 Å². The van der Waals surface area contributed by atoms with E-state index in [1.165, 1.54) is 0 Å². The van der Waals surface area contributed by atoms with E-state index in [4.69, 9.17) is 0 Å². The minimum Gasteiger partial charge on any atom is -0.412 e. The summed E-state index contributed by atoms with van der Waals surface area (Å²) < 4.78 is 0.620. The van der Waals surface area contributed by atoms with Crippen molar-refractivity contribution in [1.29, 1.82) is 0 Å². The molecule has 0 fully saturated rings. The molecule has 4 N–H and O–H groups in total. The van der Waals surface area contributed by atoms with Crippen LogP contribution in [0.2, 0.25) is 0 Å². The molecule has 0 aliphatic carbocycles. The Morgan fingerprint density at radius 1 is 1.38 bits per heavy atom. The first-order valence-corrected chi connectivity index (χ1v) is 2.40. The lowest BCUT2D eigenvalue weighted by atomic mass is 11.0. The highest BCUT2D eigenvalue weighted by Crippen LogP contribution is 1.84. The molecule has 0 aliphatic heterocycles. The third-order valence-corrected chi connectivity index (χ3v) is 1.15. The molecule has 8 heavy (non-hydrogen) atoms. The maximum absolute atomic E-state index is 4.61. The maximum atomic E-state index is 4.61. The van der Waals surface area contributed by atoms with Gasteiger partial charge in [-0.25, -0.2) is 0 Å². The highest BCUT2D eigenvalue weighted by atomic mass is 32.1. The zero-order chi connectivity index (χ0) is 5.15. The van der Waals surface area contributed by atoms with Crippen LogP contribution in [0.4, 0.5) is 0 Å². The molecule has 0 spiro atoms. The molecule has 0 radical (unpaired) electrons. The van der Waals surface area contributed by atoms with E-state index in [2.05, 4.69) is 24.8 Å². The van der Waals surface area contributed by atoms with Gasteiger partial charge < -0.3 is 15.9 Å². The molecule has 5 heteroatoms. The van der Waals surface area contributed by atoms with Gasteiger partial charge >= 0.3 is 0 Å². The number of thiocarbonyl (C=S) groups is 1. The molecule has 0 saturated heterocycles. The van der Waals surface area contributed by atoms with Crippen LogP contribution in [0.15, 0.2) is 0 Å². The zero-order valence-corrected chi connectivity index (χ0v) is 6.51. The lowest BCUT2D eigenvalue weighted by Gasteiger charge is -2.05. The van der Waals surface area contributed by atoms with Gasteiger partial charge in [0.05, 0.1) is 0 Å². The summed E-state index contributed by atoms with van der Waals surface area (Å²) in [5.74, 6) is 0. The molecule has 0 heterocycles. The van der Waals surface area contributed by atoms with E-state index in [9.17, 15) is 0 Å². The fraction of sp³-hybridized carbons (Fsp3) is 0.667. The highest BCUT2D eigenvalue weighted by molar-refractivity contribution is 8.10. The van der Waals surface area contributed by atoms with Crippen molar-refractivity contribution < 1.29 is 11.0 Å². The Balaban J connectivity index is -0.000000125. The summed E-state index contributed by atoms with van der Waals surface area (Å²) in [5, 5.41) is 0. The van der Waals surface area contributed by atoms with Crippen molar-refractivity contribution in [3.63, 3.8) is 0 Å². The van der Waals surface area contributed by atoms with Gasteiger partial charge in [-0.3, -0.25) is 0 Å². The molecular weight excluding hydrogens is 146 g/mol. The van der Waals surface area contributed by atoms with E-state index < -0.39 is 0 Å². The SMILES string of the molecule is CN(C)C(=S)S.O.O. The average Bonchev–Trinajstić information content (AvgIpc) is 1.36. The third-order valence-electron chi connectivity index (χ3n) is 0.383. The fourth-order valence-corrected chi connectivity index (χ4v) is 0. The van der Waals surface area contributed by atoms with Crippen molar-refractivity contribution in [1.82, 2.24) is 4.90 Å². The van der Waals surface area contributed by atoms with Gasteiger partial charge in [-0.05, 0) is 0 Å². The van der Waals surface area contributed by atoms with E-state index in [-0.39, 0.29) is 11.0 Å². The van der Waals surface area contributed by atoms with Gasteiger partial charge in [0.15, 0.2) is 0 Å². The van der Waals surface area contributed by atoms with Crippen molar-refractivity contribution >= 4 is 29.2 Å². The van der Waals surface area contributed by atoms with Crippen molar-refractivity contribution in [2.75, 3.05) is 14.1 Å². The van der Waals surface area contributed by atoms with Crippen molar-refractivity contribution in [3.8, 4) is 0 Å². The van der Waals surface area contributed by atoms with Gasteiger partial charge in [-0.15, -0.1) is 12.6 Å². The molecule has 0 atom stereocenters. The van der Waals surface area contributed by atoms with Crippen LogP contribution in [0.25, 0.3) is 0 Å². The zero-order valence-electron chi connectivity index (χ0n) is 4.80. The summed E-state index contributed by atoms with van der Waals surface area (Å²) in [6.45, 7) is 0. The molecular formula is C3H11NO2S2. The van der Waals surface area contributed by atoms with Crippen LogP contribution in [0.5, 0.6) is 0 Å². The Morgan fingerprint density at radius 3 is 1.50 bits per heavy atom. The predicted molar refractivity (Wildman–Crippen MR) is 42.5 cm³/mol. The number of hydrogen-bond donors (Lipinski definition) is 1. The molecule has 0 saturated carbocycles. The Bertz CT molecular complexity index is 66.3. The van der Waals surface area contributed by atoms with Crippen LogP contribution in [0.3, 0.4) is 0 Å². The second-order valence-electron chi connectivity index (χ2n) is 1.18. The summed E-state index contributed by atoms with van der Waals surface area (Å²) in [4.78, 5) is 1.76. The lowest BCUT2D eigenvalue weighted by Crippen LogP contribution is -2.12. The van der Waals surface area contributed by atoms with E-state index in [1.54, 1.807) is 4.90 Å². The molecule has 0 rings (SSSR count). The van der Waals surface area contributed by atoms with Crippen LogP contribution in [0.1, 0.15) is 0 Å². The summed E-state index contributed by atoms with van der Waals surface area (Å²) >= 11 is 8.46. The van der Waals surface area contributed by atoms with Crippen LogP contribution in [0, 0.1) is 0 Å². The number of hydrogen-bond acceptors (Lipinski definition) is 1. The van der Waals surface area contributed by atoms with Crippen LogP contribution in [-0.2, 0) is 0 Å². The normalized spacial score (nSPS) is 5.88. The first-order chi connectivity index (χ1) is 2.64. The van der Waals surface area contributed by atoms with E-state index in [0.29, 0.717) is 4.32 Å². The van der Waals surface area contributed by atoms with Crippen molar-refractivity contribution in [2.45, 2.75) is 0 Å². The van der Waals surface area contributed by atoms with Gasteiger partial charge in [-0.2, -0.15) is 0 Å². The van der Waals surface area contributed by atoms with Crippen LogP contribution in [-0.4, -0.2) is 34.3 Å². The predicted octanol–water partition coefficient (Wildman–Crippen LogP) is -0.887. The molecule has 0 aliphatic rings. The fourth-order valence-electron chi connectivity index (χ4n) is 0. The summed E-state index contributed by atoms with van der Waals surface area (Å²) in [5.41, 5.74) is 0. The Labute approximate surface area is 59.7 Å². The first kappa shape index (κ1) is 15.7. The Morgan fingerprint density at radius 2 is 1.50 bits per heavy atom. The molecule has 0 aromatic carbocycles. The van der Waals surface area contributed by atoms with Gasteiger partial charge in [0.25, 0.3) is 0 Å². The Kier molecular flexibility index (Phi) is 14.1. The second kappa shape index (κ2) is 7.16. The molecule has 0 aromatic rings. The molecule has 3 nitrogen and oxygen atoms in total. The third kappa shape index (κ3) is 9.48. The lowest BCUT2D eigenvalue weighted by molar-refractivity contribution is 0.648. The van der Waals surface area contributed by atoms with E-state index in [0.717, 1.165) is 0 Å². The number of rotatable bonds is 0. The Hall–Kier alpha value is 0.160. The molecule has 0 aromatic heterocycles. The van der Waals surface area contributed by atoms with Crippen molar-refractivity contribution in [3.05, 3.63) is 0 Å². The topological polar surface area (TPSA) is 66.2 Å². The molecule has 0 unspecified atom stereocenters. The summed E-state index contributed by atoms with van der Waals surface area (Å²) in [7, 11) is 3.71. The molecule has 0 bridgehead atoms. The first-order valence-electron chi connectivity index (χ1n) is 1.55. The largest absolute Gasteiger partial charge is 0.412 e. The van der Waals surface area contributed by atoms with E-state index in [1.807, 2.05) is 14.1 Å². The summed E-state index contributed by atoms with van der Waals surface area (Å²) in [6, 6.07) is 0. The van der Waals surface area contributed by atoms with Gasteiger partial charge in [0.2, 0.25) is 0 Å². The monoisotopic (exact) mass is 157 g/mol. The molecule has 52 valence electrons. The number of nitrogens with zero attached hydrogens (tertiary/aromatic N) is 1. The standard InChI is InChI=1S/C3H7NS2.2H2O/c1-4(2)3(5)6;;/h1-2H3,(H,5,6);2*1H2. The maximum Gasteiger partial charge on any atom is 0.132 e. The second-order valence-corrected chi connectivity index (χ2v) is 2.29. The average molecular weight is 157 g/mol. The van der Waals surface area contributed by atoms with Gasteiger partial charge in [0, 0.05) is 14.1 Å². The van der Waals surface area contributed by atoms with Crippen LogP contribution >= 0.6 is 24.8 Å². The molecule has 0 amide bonds. The van der Waals surface area contributed by atoms with E-state index >= 15 is 0 Å². The van der Waals surface area contributed by atoms with Crippen LogP contribution < -0.4 is 0 Å².